The lowest BCUT2D eigenvalue weighted by molar-refractivity contribution is -0.0636. The van der Waals surface area contributed by atoms with E-state index in [1.54, 1.807) is 0 Å². The minimum atomic E-state index is 0.327. The van der Waals surface area contributed by atoms with Gasteiger partial charge in [-0.2, -0.15) is 5.10 Å². The highest BCUT2D eigenvalue weighted by molar-refractivity contribution is 5.49. The van der Waals surface area contributed by atoms with E-state index in [1.165, 1.54) is 49.8 Å². The molecule has 0 aromatic carbocycles. The summed E-state index contributed by atoms with van der Waals surface area (Å²) in [7, 11) is 2.01. The lowest BCUT2D eigenvalue weighted by Gasteiger charge is -2.61. The Morgan fingerprint density at radius 2 is 1.81 bits per heavy atom. The summed E-state index contributed by atoms with van der Waals surface area (Å²) in [5, 5.41) is 4.94. The van der Waals surface area contributed by atoms with Crippen molar-refractivity contribution in [3.05, 3.63) is 11.3 Å². The zero-order valence-corrected chi connectivity index (χ0v) is 13.9. The predicted molar refractivity (Wildman–Crippen MR) is 86.2 cm³/mol. The lowest BCUT2D eigenvalue weighted by Crippen LogP contribution is -2.53. The summed E-state index contributed by atoms with van der Waals surface area (Å²) in [5.74, 6) is 3.22. The zero-order valence-electron chi connectivity index (χ0n) is 13.9. The molecule has 3 heteroatoms. The summed E-state index contributed by atoms with van der Waals surface area (Å²) < 4.78 is 1.92. The molecule has 2 atom stereocenters. The van der Waals surface area contributed by atoms with Crippen LogP contribution >= 0.6 is 0 Å². The molecule has 21 heavy (non-hydrogen) atoms. The largest absolute Gasteiger partial charge is 0.384 e. The number of hydrogen-bond donors (Lipinski definition) is 1. The van der Waals surface area contributed by atoms with Gasteiger partial charge in [-0.15, -0.1) is 0 Å². The maximum atomic E-state index is 6.36. The molecule has 3 nitrogen and oxygen atoms in total. The maximum absolute atomic E-state index is 6.36. The molecule has 4 saturated carbocycles. The fraction of sp³-hybridized carbons (Fsp3) is 0.833. The molecule has 0 radical (unpaired) electrons. The second-order valence-corrected chi connectivity index (χ2v) is 8.98. The molecule has 2 N–H and O–H groups in total. The van der Waals surface area contributed by atoms with Gasteiger partial charge in [-0.05, 0) is 61.7 Å². The van der Waals surface area contributed by atoms with Crippen molar-refractivity contribution in [2.24, 2.45) is 24.3 Å². The predicted octanol–water partition coefficient (Wildman–Crippen LogP) is 3.98. The Hall–Kier alpha value is -0.990. The number of nitrogens with zero attached hydrogens (tertiary/aromatic N) is 2. The zero-order chi connectivity index (χ0) is 15.0. The third-order valence-corrected chi connectivity index (χ3v) is 6.56. The van der Waals surface area contributed by atoms with E-state index in [9.17, 15) is 0 Å². The molecular weight excluding hydrogens is 258 g/mol. The highest BCUT2D eigenvalue weighted by Gasteiger charge is 2.58. The van der Waals surface area contributed by atoms with Crippen molar-refractivity contribution in [1.82, 2.24) is 9.78 Å². The van der Waals surface area contributed by atoms with Crippen molar-refractivity contribution in [3.63, 3.8) is 0 Å². The summed E-state index contributed by atoms with van der Waals surface area (Å²) >= 11 is 0. The van der Waals surface area contributed by atoms with Crippen LogP contribution in [0.15, 0.2) is 0 Å². The molecule has 4 fully saturated rings. The van der Waals surface area contributed by atoms with E-state index in [0.29, 0.717) is 16.7 Å². The first-order valence-electron chi connectivity index (χ1n) is 8.65. The summed E-state index contributed by atoms with van der Waals surface area (Å²) in [4.78, 5) is 0. The average Bonchev–Trinajstić information content (AvgIpc) is 2.63. The van der Waals surface area contributed by atoms with Gasteiger partial charge in [0.25, 0.3) is 0 Å². The highest BCUT2D eigenvalue weighted by Crippen LogP contribution is 2.66. The molecule has 4 aliphatic carbocycles. The van der Waals surface area contributed by atoms with Gasteiger partial charge in [0.15, 0.2) is 0 Å². The smallest absolute Gasteiger partial charge is 0.125 e. The van der Waals surface area contributed by atoms with E-state index >= 15 is 0 Å². The molecule has 4 aliphatic rings. The quantitative estimate of drug-likeness (QED) is 0.894. The molecule has 1 aromatic rings. The van der Waals surface area contributed by atoms with Crippen molar-refractivity contribution in [3.8, 4) is 0 Å². The molecule has 1 heterocycles. The van der Waals surface area contributed by atoms with Gasteiger partial charge >= 0.3 is 0 Å². The van der Waals surface area contributed by atoms with Crippen molar-refractivity contribution in [2.45, 2.75) is 70.6 Å². The van der Waals surface area contributed by atoms with Crippen LogP contribution in [0.3, 0.4) is 0 Å². The number of hydrogen-bond acceptors (Lipinski definition) is 2. The second-order valence-electron chi connectivity index (χ2n) is 8.98. The van der Waals surface area contributed by atoms with Crippen LogP contribution in [0.5, 0.6) is 0 Å². The van der Waals surface area contributed by atoms with Crippen LogP contribution < -0.4 is 5.73 Å². The molecule has 116 valence electrons. The van der Waals surface area contributed by atoms with Crippen LogP contribution in [0, 0.1) is 17.3 Å². The normalized spacial score (nSPS) is 41.2. The Balaban J connectivity index is 1.85. The van der Waals surface area contributed by atoms with Gasteiger partial charge in [-0.1, -0.05) is 20.8 Å². The third-order valence-electron chi connectivity index (χ3n) is 6.56. The van der Waals surface area contributed by atoms with Gasteiger partial charge in [0.2, 0.25) is 0 Å². The molecule has 1 aromatic heterocycles. The van der Waals surface area contributed by atoms with Gasteiger partial charge in [0, 0.05) is 18.0 Å². The Morgan fingerprint density at radius 1 is 1.19 bits per heavy atom. The third kappa shape index (κ3) is 1.82. The Kier molecular flexibility index (Phi) is 2.64. The van der Waals surface area contributed by atoms with Gasteiger partial charge in [-0.3, -0.25) is 4.68 Å². The van der Waals surface area contributed by atoms with Crippen LogP contribution in [0.25, 0.3) is 0 Å². The SMILES string of the molecule is CC(C)c1c(C23CC4CC(CC(C)(C4)C2)C3)nn(C)c1N. The van der Waals surface area contributed by atoms with Crippen molar-refractivity contribution >= 4 is 5.82 Å². The van der Waals surface area contributed by atoms with E-state index in [-0.39, 0.29) is 0 Å². The Labute approximate surface area is 128 Å². The van der Waals surface area contributed by atoms with Crippen molar-refractivity contribution in [1.29, 1.82) is 0 Å². The fourth-order valence-electron chi connectivity index (χ4n) is 6.51. The topological polar surface area (TPSA) is 43.8 Å². The van der Waals surface area contributed by atoms with E-state index in [4.69, 9.17) is 10.8 Å². The summed E-state index contributed by atoms with van der Waals surface area (Å²) in [6.45, 7) is 7.05. The first-order chi connectivity index (χ1) is 9.82. The van der Waals surface area contributed by atoms with E-state index < -0.39 is 0 Å². The average molecular weight is 287 g/mol. The van der Waals surface area contributed by atoms with Gasteiger partial charge in [0.1, 0.15) is 5.82 Å². The summed E-state index contributed by atoms with van der Waals surface area (Å²) in [6.07, 6.45) is 8.42. The highest BCUT2D eigenvalue weighted by atomic mass is 15.3. The maximum Gasteiger partial charge on any atom is 0.125 e. The summed E-state index contributed by atoms with van der Waals surface area (Å²) in [6, 6.07) is 0. The van der Waals surface area contributed by atoms with Gasteiger partial charge in [0.05, 0.1) is 5.69 Å². The number of nitrogen functional groups attached to an aromatic ring is 1. The van der Waals surface area contributed by atoms with Crippen LogP contribution in [0.1, 0.15) is 76.5 Å². The monoisotopic (exact) mass is 287 g/mol. The lowest BCUT2D eigenvalue weighted by atomic mass is 9.43. The number of nitrogens with two attached hydrogens (primary N) is 1. The summed E-state index contributed by atoms with van der Waals surface area (Å²) in [5.41, 5.74) is 9.94. The molecule has 5 rings (SSSR count). The minimum Gasteiger partial charge on any atom is -0.384 e. The van der Waals surface area contributed by atoms with Gasteiger partial charge < -0.3 is 5.73 Å². The van der Waals surface area contributed by atoms with Crippen molar-refractivity contribution < 1.29 is 0 Å². The molecule has 0 aliphatic heterocycles. The van der Waals surface area contributed by atoms with Crippen LogP contribution in [0.2, 0.25) is 0 Å². The molecule has 2 unspecified atom stereocenters. The second kappa shape index (κ2) is 4.05. The minimum absolute atomic E-state index is 0.327. The first-order valence-corrected chi connectivity index (χ1v) is 8.65. The van der Waals surface area contributed by atoms with Crippen molar-refractivity contribution in [2.75, 3.05) is 5.73 Å². The standard InChI is InChI=1S/C18H29N3/c1-11(2)14-15(20-21(4)16(14)19)18-8-12-5-13(9-18)7-17(3,6-12)10-18/h11-13H,5-10,19H2,1-4H3. The molecule has 0 saturated heterocycles. The Morgan fingerprint density at radius 3 is 2.33 bits per heavy atom. The molecule has 0 amide bonds. The number of rotatable bonds is 2. The first kappa shape index (κ1) is 13.7. The van der Waals surface area contributed by atoms with E-state index in [1.807, 2.05) is 11.7 Å². The molecular formula is C18H29N3. The van der Waals surface area contributed by atoms with Crippen LogP contribution in [-0.2, 0) is 12.5 Å². The number of anilines is 1. The number of aryl methyl sites for hydroxylation is 1. The Bertz CT molecular complexity index is 570. The van der Waals surface area contributed by atoms with Crippen LogP contribution in [0.4, 0.5) is 5.82 Å². The fourth-order valence-corrected chi connectivity index (χ4v) is 6.51. The van der Waals surface area contributed by atoms with Gasteiger partial charge in [-0.25, -0.2) is 0 Å². The number of aromatic nitrogens is 2. The van der Waals surface area contributed by atoms with E-state index in [2.05, 4.69) is 20.8 Å². The molecule has 0 spiro atoms. The van der Waals surface area contributed by atoms with E-state index in [0.717, 1.165) is 17.7 Å². The van der Waals surface area contributed by atoms with Crippen LogP contribution in [-0.4, -0.2) is 9.78 Å². The molecule has 4 bridgehead atoms.